The van der Waals surface area contributed by atoms with E-state index >= 15 is 0 Å². The Morgan fingerprint density at radius 1 is 0.527 bits per heavy atom. The van der Waals surface area contributed by atoms with Gasteiger partial charge in [0.05, 0.1) is 56.4 Å². The molecule has 0 saturated carbocycles. The molecule has 5 atom stereocenters. The van der Waals surface area contributed by atoms with E-state index in [1.54, 1.807) is 78.7 Å². The normalized spacial score (nSPS) is 11.3. The molecule has 686 valence electrons. The number of pyridine rings is 3. The number of ether oxygens (including phenoxy) is 3. The van der Waals surface area contributed by atoms with Gasteiger partial charge >= 0.3 is 11.9 Å². The Morgan fingerprint density at radius 3 is 1.33 bits per heavy atom. The molecule has 0 aliphatic rings. The van der Waals surface area contributed by atoms with E-state index in [2.05, 4.69) is 168 Å². The topological polar surface area (TPSA) is 350 Å². The van der Waals surface area contributed by atoms with Crippen LogP contribution in [0.4, 0.5) is 0 Å². The molecule has 0 spiro atoms. The van der Waals surface area contributed by atoms with E-state index in [4.69, 9.17) is 36.9 Å². The maximum absolute atomic E-state index is 13.1. The number of benzene rings is 6. The molecule has 0 aliphatic heterocycles. The van der Waals surface area contributed by atoms with Crippen molar-refractivity contribution in [1.29, 1.82) is 15.8 Å². The summed E-state index contributed by atoms with van der Waals surface area (Å²) >= 11 is 9.72. The van der Waals surface area contributed by atoms with Crippen LogP contribution in [0.5, 0.6) is 17.2 Å². The molecule has 9 aromatic rings. The first-order valence-corrected chi connectivity index (χ1v) is 45.0. The van der Waals surface area contributed by atoms with Crippen LogP contribution in [-0.2, 0) is 24.0 Å². The Kier molecular flexibility index (Phi) is 62.8. The van der Waals surface area contributed by atoms with Crippen LogP contribution in [0.3, 0.4) is 0 Å². The number of unbranched alkanes of at least 4 members (excludes halogenated alkanes) is 1. The average Bonchev–Trinajstić information content (AvgIpc) is 0.828. The second-order valence-corrected chi connectivity index (χ2v) is 30.4. The monoisotopic (exact) mass is 1950 g/mol. The van der Waals surface area contributed by atoms with Crippen LogP contribution in [0.2, 0.25) is 0 Å². The number of nitrogens with one attached hydrogen (secondary N) is 3. The number of hydrogen-bond acceptors (Lipinski definition) is 18. The Bertz CT molecular complexity index is 4950. The predicted molar refractivity (Wildman–Crippen MR) is 524 cm³/mol. The number of carboxylic acid groups (broad SMARTS) is 1. The lowest BCUT2D eigenvalue weighted by Gasteiger charge is -2.31. The number of nitrogens with zero attached hydrogens (tertiary/aromatic N) is 9. The van der Waals surface area contributed by atoms with Gasteiger partial charge in [-0.2, -0.15) is 15.8 Å². The molecular weight excluding hydrogens is 1820 g/mol. The average molecular weight is 1950 g/mol. The van der Waals surface area contributed by atoms with Gasteiger partial charge in [0.1, 0.15) is 60.5 Å². The number of likely N-dealkylation sites (N-methyl/N-ethyl adjacent to an activating group) is 2. The standard InChI is InChI=1S/C21H22BrN3O.C19H18BrN3O.C15H20N2O.C15H21NO5.C12H19N.C10H15N.C6H4BrNO.C3H3NO2.CH4/c1-3-9-19(16-10-6-5-7-11-16)25(4-2)21(26)17(15-23)14-18-12-8-13-20(22)24-18;1-2-7-17(14-8-4-3-5-9-14)23-19(24)15(13-21)12-16-10-6-11-18(20)22-16;1-4-9-14(13-10-7-6-8-11-13)17(5-2)15(18)12-16-3;1-16-14(18)6-4-5-9-21-13-8-7-12(19-2)11(10-17)15(13)20-3;1-3-8-12(13-4-2)11-9-6-5-7-10-11;1-2-6-10(11)9-7-4-3-5-8-9;7-6-3-1-2-5(4-9)8-6;4-2-1-3(5)6;/h5-8,10-14,19H,3-4,9H2,1-2H3;3-6,8-12,17H,2,7H2,1H3,(H,23,24);6-8,10-11,14H,4-5,9,12H2,1-2H3;7-8,10H,4-6,9H2,1-3H3,(H,16,18);5-7,9-10,12-13H,3-4,8H2,1-2H3;3-5,7-8,10H,2,6,11H2,1H3;1-4H;1H2,(H,5,6);1H4/b17-14+;15-12+;;;;;;;/t19-;17-;14-;;12-;10-;;;/m000.00.../s1. The fraction of sp³-hybridized carbons (Fsp3) is 0.353. The number of aliphatic carboxylic acids is 1. The molecule has 129 heavy (non-hydrogen) atoms. The zero-order valence-corrected chi connectivity index (χ0v) is 79.9. The summed E-state index contributed by atoms with van der Waals surface area (Å²) in [5.74, 6) is -0.502. The van der Waals surface area contributed by atoms with Crippen LogP contribution in [-0.4, -0.2) is 126 Å². The third kappa shape index (κ3) is 45.8. The fourth-order valence-electron chi connectivity index (χ4n) is 12.6. The minimum absolute atomic E-state index is 0. The van der Waals surface area contributed by atoms with Crippen molar-refractivity contribution in [1.82, 2.24) is 40.7 Å². The Hall–Kier alpha value is -12.3. The van der Waals surface area contributed by atoms with Gasteiger partial charge in [-0.1, -0.05) is 251 Å². The van der Waals surface area contributed by atoms with Crippen molar-refractivity contribution in [3.8, 4) is 35.5 Å². The van der Waals surface area contributed by atoms with Crippen LogP contribution in [0.15, 0.2) is 243 Å². The third-order valence-corrected chi connectivity index (χ3v) is 20.0. The summed E-state index contributed by atoms with van der Waals surface area (Å²) in [7, 11) is 4.57. The second kappa shape index (κ2) is 70.7. The highest BCUT2D eigenvalue weighted by atomic mass is 79.9. The summed E-state index contributed by atoms with van der Waals surface area (Å²) in [4.78, 5) is 98.3. The van der Waals surface area contributed by atoms with Crippen LogP contribution in [0.25, 0.3) is 17.0 Å². The number of nitriles is 3. The zero-order chi connectivity index (χ0) is 94.7. The minimum atomic E-state index is -1.07. The van der Waals surface area contributed by atoms with Crippen molar-refractivity contribution in [3.63, 3.8) is 0 Å². The number of aromatic nitrogens is 3. The van der Waals surface area contributed by atoms with Crippen molar-refractivity contribution < 1.29 is 52.9 Å². The first-order chi connectivity index (χ1) is 62.0. The number of halogens is 3. The van der Waals surface area contributed by atoms with Gasteiger partial charge in [-0.25, -0.2) is 21.5 Å². The molecule has 3 aromatic heterocycles. The SMILES string of the molecule is C.CCC[C@@H](c1ccccc1)N(CC)C(=O)/C(C#N)=C/c1cccc(Br)n1.CCC[C@H](N)c1ccccc1.CCC[C@H](NC(=O)/C(C#N)=C/c1cccc(Br)n1)c1ccccc1.CCC[C@H](NCC)c1ccccc1.CNC(=O)CCCCOc1ccc(OC)c(C=O)c1OC.N#CCC(=O)O.O=Cc1cccc(Br)n1.[C-]#[N+]CC(=O)N(CC)[C@@H](CCC)c1ccccc1. The summed E-state index contributed by atoms with van der Waals surface area (Å²) in [5.41, 5.74) is 13.9. The van der Waals surface area contributed by atoms with Crippen molar-refractivity contribution in [2.24, 2.45) is 5.73 Å². The third-order valence-electron chi connectivity index (χ3n) is 18.7. The van der Waals surface area contributed by atoms with Crippen LogP contribution < -0.4 is 35.9 Å². The Labute approximate surface area is 789 Å². The molecule has 4 amide bonds. The van der Waals surface area contributed by atoms with Gasteiger partial charge in [0.25, 0.3) is 18.4 Å². The van der Waals surface area contributed by atoms with Crippen LogP contribution >= 0.6 is 47.8 Å². The van der Waals surface area contributed by atoms with Gasteiger partial charge in [-0.05, 0) is 202 Å². The molecule has 0 radical (unpaired) electrons. The first-order valence-electron chi connectivity index (χ1n) is 42.6. The first kappa shape index (κ1) is 115. The highest BCUT2D eigenvalue weighted by molar-refractivity contribution is 9.11. The molecule has 6 N–H and O–H groups in total. The molecule has 3 heterocycles. The number of nitrogens with two attached hydrogens (primary N) is 1. The maximum atomic E-state index is 13.1. The molecule has 6 aromatic carbocycles. The van der Waals surface area contributed by atoms with Gasteiger partial charge in [0.15, 0.2) is 24.1 Å². The second-order valence-electron chi connectivity index (χ2n) is 28.0. The fourth-order valence-corrected chi connectivity index (χ4v) is 13.7. The van der Waals surface area contributed by atoms with Gasteiger partial charge < -0.3 is 55.6 Å². The molecule has 9 rings (SSSR count). The van der Waals surface area contributed by atoms with E-state index in [0.717, 1.165) is 87.4 Å². The largest absolute Gasteiger partial charge is 0.496 e. The number of hydrogen-bond donors (Lipinski definition) is 5. The molecule has 0 saturated heterocycles. The number of carbonyl (C=O) groups is 7. The summed E-state index contributed by atoms with van der Waals surface area (Å²) in [6.45, 7) is 26.2. The van der Waals surface area contributed by atoms with Gasteiger partial charge in [0, 0.05) is 38.6 Å². The number of methoxy groups -OCH3 is 2. The molecule has 24 nitrogen and oxygen atoms in total. The summed E-state index contributed by atoms with van der Waals surface area (Å²) in [6.07, 6.45) is 16.1. The number of aldehydes is 2. The minimum Gasteiger partial charge on any atom is -0.496 e. The number of carbonyl (C=O) groups excluding carboxylic acids is 6. The van der Waals surface area contributed by atoms with E-state index in [1.807, 2.05) is 146 Å². The van der Waals surface area contributed by atoms with Gasteiger partial charge in [-0.3, -0.25) is 33.6 Å². The van der Waals surface area contributed by atoms with E-state index in [1.165, 1.54) is 50.3 Å². The highest BCUT2D eigenvalue weighted by Gasteiger charge is 2.28. The number of amides is 4. The number of carboxylic acids is 1. The lowest BCUT2D eigenvalue weighted by molar-refractivity contribution is -0.136. The molecule has 0 unspecified atom stereocenters. The zero-order valence-electron chi connectivity index (χ0n) is 75.2. The molecular formula is C102H126Br3N13O11. The Morgan fingerprint density at radius 2 is 0.953 bits per heavy atom. The van der Waals surface area contributed by atoms with E-state index in [-0.39, 0.29) is 72.9 Å². The molecule has 0 bridgehead atoms. The summed E-state index contributed by atoms with van der Waals surface area (Å²) in [5, 5.41) is 43.2. The lowest BCUT2D eigenvalue weighted by Crippen LogP contribution is -2.36. The van der Waals surface area contributed by atoms with Crippen molar-refractivity contribution >= 4 is 102 Å². The summed E-state index contributed by atoms with van der Waals surface area (Å²) < 4.78 is 17.9. The van der Waals surface area contributed by atoms with Crippen molar-refractivity contribution in [2.75, 3.05) is 54.1 Å². The quantitative estimate of drug-likeness (QED) is 0.00599. The number of rotatable bonds is 38. The van der Waals surface area contributed by atoms with E-state index in [9.17, 15) is 44.1 Å². The van der Waals surface area contributed by atoms with Crippen LogP contribution in [0.1, 0.15) is 243 Å². The lowest BCUT2D eigenvalue weighted by atomic mass is 9.99. The van der Waals surface area contributed by atoms with E-state index < -0.39 is 12.4 Å². The van der Waals surface area contributed by atoms with Gasteiger partial charge in [0.2, 0.25) is 5.91 Å². The maximum Gasteiger partial charge on any atom is 0.317 e. The Balaban J connectivity index is 0.000000760. The molecule has 27 heteroatoms. The van der Waals surface area contributed by atoms with Crippen LogP contribution in [0, 0.1) is 40.6 Å². The molecule has 0 fully saturated rings. The highest BCUT2D eigenvalue weighted by Crippen LogP contribution is 2.37. The summed E-state index contributed by atoms with van der Waals surface area (Å²) in [6, 6.07) is 76.2. The smallest absolute Gasteiger partial charge is 0.317 e. The predicted octanol–water partition coefficient (Wildman–Crippen LogP) is 22.6. The van der Waals surface area contributed by atoms with Crippen molar-refractivity contribution in [2.45, 2.75) is 183 Å². The molecule has 0 aliphatic carbocycles. The van der Waals surface area contributed by atoms with Crippen molar-refractivity contribution in [3.05, 3.63) is 305 Å². The van der Waals surface area contributed by atoms with E-state index in [0.29, 0.717) is 98.4 Å². The van der Waals surface area contributed by atoms with Gasteiger partial charge in [-0.15, -0.1) is 0 Å².